The number of benzene rings is 1. The topological polar surface area (TPSA) is 42.2 Å². The monoisotopic (exact) mass is 255 g/mol. The number of nitrogens with zero attached hydrogens (tertiary/aromatic N) is 2. The normalized spacial score (nSPS) is 12.6. The van der Waals surface area contributed by atoms with Crippen molar-refractivity contribution < 1.29 is 0 Å². The summed E-state index contributed by atoms with van der Waals surface area (Å²) in [4.78, 5) is 6.55. The molecule has 2 N–H and O–H groups in total. The van der Waals surface area contributed by atoms with E-state index in [1.165, 1.54) is 5.56 Å². The molecule has 19 heavy (non-hydrogen) atoms. The number of rotatable bonds is 6. The summed E-state index contributed by atoms with van der Waals surface area (Å²) in [6.45, 7) is 1.70. The van der Waals surface area contributed by atoms with E-state index in [0.29, 0.717) is 0 Å². The minimum atomic E-state index is 0.149. The molecule has 3 nitrogen and oxygen atoms in total. The molecule has 0 saturated heterocycles. The molecule has 0 aliphatic carbocycles. The van der Waals surface area contributed by atoms with Crippen LogP contribution < -0.4 is 5.73 Å². The van der Waals surface area contributed by atoms with Gasteiger partial charge in [0.2, 0.25) is 0 Å². The molecule has 1 aromatic carbocycles. The smallest absolute Gasteiger partial charge is 0.0543 e. The SMILES string of the molecule is CN(Cc1ccccn1)C[C@@H](N)Cc1ccccc1. The first kappa shape index (κ1) is 13.7. The summed E-state index contributed by atoms with van der Waals surface area (Å²) >= 11 is 0. The van der Waals surface area contributed by atoms with Crippen LogP contribution in [0.25, 0.3) is 0 Å². The lowest BCUT2D eigenvalue weighted by Gasteiger charge is -2.21. The summed E-state index contributed by atoms with van der Waals surface area (Å²) in [6.07, 6.45) is 2.74. The number of likely N-dealkylation sites (N-methyl/N-ethyl adjacent to an activating group) is 1. The lowest BCUT2D eigenvalue weighted by molar-refractivity contribution is 0.299. The molecule has 0 spiro atoms. The van der Waals surface area contributed by atoms with Crippen molar-refractivity contribution >= 4 is 0 Å². The van der Waals surface area contributed by atoms with E-state index in [1.54, 1.807) is 0 Å². The standard InChI is InChI=1S/C16H21N3/c1-19(13-16-9-5-6-10-18-16)12-15(17)11-14-7-3-2-4-8-14/h2-10,15H,11-13,17H2,1H3/t15-/m0/s1. The van der Waals surface area contributed by atoms with Gasteiger partial charge in [0.15, 0.2) is 0 Å². The highest BCUT2D eigenvalue weighted by Gasteiger charge is 2.08. The Bertz CT molecular complexity index is 424. The van der Waals surface area contributed by atoms with Crippen LogP contribution in [-0.4, -0.2) is 29.5 Å². The van der Waals surface area contributed by atoms with Gasteiger partial charge in [-0.15, -0.1) is 0 Å². The van der Waals surface area contributed by atoms with Crippen LogP contribution in [0.1, 0.15) is 11.3 Å². The van der Waals surface area contributed by atoms with E-state index < -0.39 is 0 Å². The number of pyridine rings is 1. The Hall–Kier alpha value is -1.71. The second-order valence-corrected chi connectivity index (χ2v) is 4.97. The summed E-state index contributed by atoms with van der Waals surface area (Å²) in [5.74, 6) is 0. The second-order valence-electron chi connectivity index (χ2n) is 4.97. The molecule has 2 aromatic rings. The van der Waals surface area contributed by atoms with E-state index in [2.05, 4.69) is 41.2 Å². The molecule has 0 aliphatic heterocycles. The summed E-state index contributed by atoms with van der Waals surface area (Å²) in [5, 5.41) is 0. The third-order valence-corrected chi connectivity index (χ3v) is 3.04. The van der Waals surface area contributed by atoms with Crippen molar-refractivity contribution in [3.8, 4) is 0 Å². The molecular formula is C16H21N3. The van der Waals surface area contributed by atoms with Crippen LogP contribution in [0, 0.1) is 0 Å². The Kier molecular flexibility index (Phi) is 5.07. The molecule has 3 heteroatoms. The molecular weight excluding hydrogens is 234 g/mol. The van der Waals surface area contributed by atoms with Gasteiger partial charge in [-0.2, -0.15) is 0 Å². The third kappa shape index (κ3) is 4.81. The van der Waals surface area contributed by atoms with Gasteiger partial charge in [-0.25, -0.2) is 0 Å². The summed E-state index contributed by atoms with van der Waals surface area (Å²) in [5.41, 5.74) is 8.57. The Labute approximate surface area is 115 Å². The number of hydrogen-bond donors (Lipinski definition) is 1. The minimum Gasteiger partial charge on any atom is -0.326 e. The van der Waals surface area contributed by atoms with E-state index in [-0.39, 0.29) is 6.04 Å². The van der Waals surface area contributed by atoms with Crippen molar-refractivity contribution in [1.29, 1.82) is 0 Å². The average Bonchev–Trinajstić information content (AvgIpc) is 2.40. The first-order valence-corrected chi connectivity index (χ1v) is 6.62. The molecule has 0 unspecified atom stereocenters. The molecule has 2 rings (SSSR count). The van der Waals surface area contributed by atoms with Crippen LogP contribution in [0.3, 0.4) is 0 Å². The molecule has 0 amide bonds. The molecule has 100 valence electrons. The Morgan fingerprint density at radius 3 is 2.53 bits per heavy atom. The fraction of sp³-hybridized carbons (Fsp3) is 0.312. The van der Waals surface area contributed by atoms with Crippen LogP contribution >= 0.6 is 0 Å². The van der Waals surface area contributed by atoms with Gasteiger partial charge in [-0.1, -0.05) is 36.4 Å². The van der Waals surface area contributed by atoms with Gasteiger partial charge >= 0.3 is 0 Å². The zero-order valence-corrected chi connectivity index (χ0v) is 11.4. The quantitative estimate of drug-likeness (QED) is 0.859. The summed E-state index contributed by atoms with van der Waals surface area (Å²) < 4.78 is 0. The molecule has 1 heterocycles. The van der Waals surface area contributed by atoms with Crippen molar-refractivity contribution in [2.24, 2.45) is 5.73 Å². The van der Waals surface area contributed by atoms with Crippen LogP contribution in [0.5, 0.6) is 0 Å². The van der Waals surface area contributed by atoms with Crippen LogP contribution in [0.2, 0.25) is 0 Å². The van der Waals surface area contributed by atoms with Crippen molar-refractivity contribution in [3.63, 3.8) is 0 Å². The molecule has 0 aliphatic rings. The summed E-state index contributed by atoms with van der Waals surface area (Å²) in [6, 6.07) is 16.5. The molecule has 0 radical (unpaired) electrons. The van der Waals surface area contributed by atoms with Gasteiger partial charge < -0.3 is 5.73 Å². The maximum atomic E-state index is 6.20. The lowest BCUT2D eigenvalue weighted by atomic mass is 10.1. The molecule has 0 fully saturated rings. The maximum absolute atomic E-state index is 6.20. The molecule has 0 bridgehead atoms. The fourth-order valence-corrected chi connectivity index (χ4v) is 2.21. The van der Waals surface area contributed by atoms with E-state index in [0.717, 1.165) is 25.2 Å². The van der Waals surface area contributed by atoms with Gasteiger partial charge in [0.05, 0.1) is 5.69 Å². The van der Waals surface area contributed by atoms with Crippen LogP contribution in [0.15, 0.2) is 54.7 Å². The molecule has 1 atom stereocenters. The van der Waals surface area contributed by atoms with Gasteiger partial charge in [0.1, 0.15) is 0 Å². The van der Waals surface area contributed by atoms with Crippen LogP contribution in [-0.2, 0) is 13.0 Å². The van der Waals surface area contributed by atoms with E-state index in [9.17, 15) is 0 Å². The highest BCUT2D eigenvalue weighted by atomic mass is 15.1. The third-order valence-electron chi connectivity index (χ3n) is 3.04. The molecule has 0 saturated carbocycles. The zero-order chi connectivity index (χ0) is 13.5. The number of nitrogens with two attached hydrogens (primary N) is 1. The average molecular weight is 255 g/mol. The van der Waals surface area contributed by atoms with Crippen molar-refractivity contribution in [2.45, 2.75) is 19.0 Å². The summed E-state index contributed by atoms with van der Waals surface area (Å²) in [7, 11) is 2.08. The number of hydrogen-bond acceptors (Lipinski definition) is 3. The fourth-order valence-electron chi connectivity index (χ4n) is 2.21. The van der Waals surface area contributed by atoms with E-state index in [1.807, 2.05) is 30.5 Å². The maximum Gasteiger partial charge on any atom is 0.0543 e. The van der Waals surface area contributed by atoms with Gasteiger partial charge in [0, 0.05) is 25.3 Å². The van der Waals surface area contributed by atoms with E-state index in [4.69, 9.17) is 5.73 Å². The van der Waals surface area contributed by atoms with E-state index >= 15 is 0 Å². The highest BCUT2D eigenvalue weighted by molar-refractivity contribution is 5.15. The van der Waals surface area contributed by atoms with Crippen LogP contribution in [0.4, 0.5) is 0 Å². The van der Waals surface area contributed by atoms with Crippen molar-refractivity contribution in [1.82, 2.24) is 9.88 Å². The minimum absolute atomic E-state index is 0.149. The van der Waals surface area contributed by atoms with Gasteiger partial charge in [-0.3, -0.25) is 9.88 Å². The van der Waals surface area contributed by atoms with Gasteiger partial charge in [0.25, 0.3) is 0 Å². The first-order valence-electron chi connectivity index (χ1n) is 6.62. The van der Waals surface area contributed by atoms with Crippen molar-refractivity contribution in [2.75, 3.05) is 13.6 Å². The Morgan fingerprint density at radius 1 is 1.11 bits per heavy atom. The Balaban J connectivity index is 1.80. The van der Waals surface area contributed by atoms with Gasteiger partial charge in [-0.05, 0) is 31.2 Å². The predicted octanol–water partition coefficient (Wildman–Crippen LogP) is 2.08. The lowest BCUT2D eigenvalue weighted by Crippen LogP contribution is -2.36. The zero-order valence-electron chi connectivity index (χ0n) is 11.4. The predicted molar refractivity (Wildman–Crippen MR) is 78.7 cm³/mol. The second kappa shape index (κ2) is 7.02. The molecule has 1 aromatic heterocycles. The van der Waals surface area contributed by atoms with Crippen molar-refractivity contribution in [3.05, 3.63) is 66.0 Å². The number of aromatic nitrogens is 1. The first-order chi connectivity index (χ1) is 9.24. The highest BCUT2D eigenvalue weighted by Crippen LogP contribution is 2.04. The largest absolute Gasteiger partial charge is 0.326 e. The Morgan fingerprint density at radius 2 is 1.84 bits per heavy atom.